The van der Waals surface area contributed by atoms with Crippen LogP contribution in [0, 0.1) is 0 Å². The van der Waals surface area contributed by atoms with Gasteiger partial charge in [0.25, 0.3) is 0 Å². The molecule has 0 unspecified atom stereocenters. The Hall–Kier alpha value is -1.88. The Morgan fingerprint density at radius 3 is 2.63 bits per heavy atom. The highest BCUT2D eigenvalue weighted by Crippen LogP contribution is 2.12. The molecule has 2 amide bonds. The maximum absolute atomic E-state index is 12.0. The molecule has 19 heavy (non-hydrogen) atoms. The number of hydrogen-bond acceptors (Lipinski definition) is 3. The number of ketones is 1. The summed E-state index contributed by atoms with van der Waals surface area (Å²) in [4.78, 5) is 24.7. The molecule has 5 nitrogen and oxygen atoms in total. The number of aliphatic hydroxyl groups is 1. The summed E-state index contributed by atoms with van der Waals surface area (Å²) in [5.74, 6) is -0.0487. The summed E-state index contributed by atoms with van der Waals surface area (Å²) in [5.41, 5.74) is 1.12. The van der Waals surface area contributed by atoms with Crippen molar-refractivity contribution in [3.8, 4) is 0 Å². The SMILES string of the molecule is CCN(C[C@@H](C)O)C(=O)Nc1cccc(C(C)=O)c1. The fourth-order valence-electron chi connectivity index (χ4n) is 1.69. The Morgan fingerprint density at radius 1 is 1.42 bits per heavy atom. The van der Waals surface area contributed by atoms with Gasteiger partial charge in [-0.1, -0.05) is 12.1 Å². The van der Waals surface area contributed by atoms with Crippen molar-refractivity contribution in [1.82, 2.24) is 4.90 Å². The molecule has 0 spiro atoms. The van der Waals surface area contributed by atoms with E-state index in [9.17, 15) is 14.7 Å². The number of hydrogen-bond donors (Lipinski definition) is 2. The fourth-order valence-corrected chi connectivity index (χ4v) is 1.69. The topological polar surface area (TPSA) is 69.6 Å². The summed E-state index contributed by atoms with van der Waals surface area (Å²) >= 11 is 0. The number of carbonyl (C=O) groups excluding carboxylic acids is 2. The van der Waals surface area contributed by atoms with Crippen LogP contribution in [0.4, 0.5) is 10.5 Å². The number of nitrogens with zero attached hydrogens (tertiary/aromatic N) is 1. The van der Waals surface area contributed by atoms with E-state index in [1.165, 1.54) is 11.8 Å². The smallest absolute Gasteiger partial charge is 0.321 e. The Kier molecular flexibility index (Phi) is 5.51. The molecule has 1 atom stereocenters. The van der Waals surface area contributed by atoms with Crippen LogP contribution in [0.5, 0.6) is 0 Å². The molecule has 5 heteroatoms. The van der Waals surface area contributed by atoms with Crippen molar-refractivity contribution in [3.63, 3.8) is 0 Å². The maximum Gasteiger partial charge on any atom is 0.321 e. The van der Waals surface area contributed by atoms with E-state index in [0.29, 0.717) is 17.8 Å². The molecule has 1 rings (SSSR count). The number of urea groups is 1. The van der Waals surface area contributed by atoms with Crippen molar-refractivity contribution in [2.24, 2.45) is 0 Å². The van der Waals surface area contributed by atoms with Crippen LogP contribution in [0.25, 0.3) is 0 Å². The summed E-state index contributed by atoms with van der Waals surface area (Å²) in [6.07, 6.45) is -0.575. The van der Waals surface area contributed by atoms with E-state index in [-0.39, 0.29) is 18.4 Å². The highest BCUT2D eigenvalue weighted by molar-refractivity contribution is 5.96. The minimum absolute atomic E-state index is 0.0487. The summed E-state index contributed by atoms with van der Waals surface area (Å²) < 4.78 is 0. The number of benzene rings is 1. The van der Waals surface area contributed by atoms with E-state index in [4.69, 9.17) is 0 Å². The molecule has 0 aromatic heterocycles. The number of likely N-dealkylation sites (N-methyl/N-ethyl adjacent to an activating group) is 1. The van der Waals surface area contributed by atoms with Crippen LogP contribution in [0.1, 0.15) is 31.1 Å². The summed E-state index contributed by atoms with van der Waals surface area (Å²) in [7, 11) is 0. The molecule has 1 aromatic rings. The molecular formula is C14H20N2O3. The van der Waals surface area contributed by atoms with Crippen molar-refractivity contribution in [2.45, 2.75) is 26.9 Å². The third-order valence-corrected chi connectivity index (χ3v) is 2.67. The highest BCUT2D eigenvalue weighted by Gasteiger charge is 2.14. The molecule has 0 fully saturated rings. The minimum Gasteiger partial charge on any atom is -0.392 e. The van der Waals surface area contributed by atoms with E-state index in [0.717, 1.165) is 0 Å². The molecule has 1 aromatic carbocycles. The van der Waals surface area contributed by atoms with Gasteiger partial charge in [0.15, 0.2) is 5.78 Å². The molecule has 0 aliphatic carbocycles. The summed E-state index contributed by atoms with van der Waals surface area (Å²) in [5, 5.41) is 12.0. The molecule has 0 heterocycles. The van der Waals surface area contributed by atoms with Crippen molar-refractivity contribution in [1.29, 1.82) is 0 Å². The zero-order valence-electron chi connectivity index (χ0n) is 11.5. The second kappa shape index (κ2) is 6.89. The van der Waals surface area contributed by atoms with Gasteiger partial charge in [-0.2, -0.15) is 0 Å². The van der Waals surface area contributed by atoms with Crippen LogP contribution in [-0.4, -0.2) is 41.0 Å². The lowest BCUT2D eigenvalue weighted by atomic mass is 10.1. The van der Waals surface area contributed by atoms with Crippen LogP contribution < -0.4 is 5.32 Å². The second-order valence-corrected chi connectivity index (χ2v) is 4.45. The van der Waals surface area contributed by atoms with Gasteiger partial charge in [0, 0.05) is 24.3 Å². The van der Waals surface area contributed by atoms with Gasteiger partial charge in [-0.3, -0.25) is 4.79 Å². The van der Waals surface area contributed by atoms with Crippen LogP contribution in [-0.2, 0) is 0 Å². The number of aliphatic hydroxyl groups excluding tert-OH is 1. The third-order valence-electron chi connectivity index (χ3n) is 2.67. The standard InChI is InChI=1S/C14H20N2O3/c1-4-16(9-10(2)17)14(19)15-13-7-5-6-12(8-13)11(3)18/h5-8,10,17H,4,9H2,1-3H3,(H,15,19)/t10-/m1/s1. The Balaban J connectivity index is 2.75. The average Bonchev–Trinajstić information content (AvgIpc) is 2.35. The van der Waals surface area contributed by atoms with Crippen molar-refractivity contribution in [2.75, 3.05) is 18.4 Å². The van der Waals surface area contributed by atoms with Gasteiger partial charge < -0.3 is 15.3 Å². The quantitative estimate of drug-likeness (QED) is 0.800. The van der Waals surface area contributed by atoms with Gasteiger partial charge in [0.1, 0.15) is 0 Å². The van der Waals surface area contributed by atoms with Gasteiger partial charge >= 0.3 is 6.03 Å². The predicted molar refractivity (Wildman–Crippen MR) is 74.4 cm³/mol. The molecule has 2 N–H and O–H groups in total. The minimum atomic E-state index is -0.575. The number of nitrogens with one attached hydrogen (secondary N) is 1. The molecular weight excluding hydrogens is 244 g/mol. The van der Waals surface area contributed by atoms with E-state index in [1.54, 1.807) is 31.2 Å². The van der Waals surface area contributed by atoms with E-state index in [1.807, 2.05) is 6.92 Å². The Labute approximate surface area is 113 Å². The summed E-state index contributed by atoms with van der Waals surface area (Å²) in [6, 6.07) is 6.49. The summed E-state index contributed by atoms with van der Waals surface area (Å²) in [6.45, 7) is 5.73. The second-order valence-electron chi connectivity index (χ2n) is 4.45. The lowest BCUT2D eigenvalue weighted by Crippen LogP contribution is -2.39. The third kappa shape index (κ3) is 4.71. The van der Waals surface area contributed by atoms with Crippen LogP contribution in [0.15, 0.2) is 24.3 Å². The van der Waals surface area contributed by atoms with Gasteiger partial charge in [-0.05, 0) is 32.9 Å². The monoisotopic (exact) mass is 264 g/mol. The lowest BCUT2D eigenvalue weighted by molar-refractivity contribution is 0.101. The fraction of sp³-hybridized carbons (Fsp3) is 0.429. The van der Waals surface area contributed by atoms with Crippen LogP contribution >= 0.6 is 0 Å². The molecule has 0 bridgehead atoms. The normalized spacial score (nSPS) is 11.8. The van der Waals surface area contributed by atoms with E-state index >= 15 is 0 Å². The van der Waals surface area contributed by atoms with Crippen LogP contribution in [0.2, 0.25) is 0 Å². The molecule has 0 aliphatic heterocycles. The first-order valence-corrected chi connectivity index (χ1v) is 6.29. The van der Waals surface area contributed by atoms with Crippen molar-refractivity contribution in [3.05, 3.63) is 29.8 Å². The number of anilines is 1. The number of Topliss-reactive ketones (excluding diaryl/α,β-unsaturated/α-hetero) is 1. The lowest BCUT2D eigenvalue weighted by Gasteiger charge is -2.22. The average molecular weight is 264 g/mol. The van der Waals surface area contributed by atoms with Gasteiger partial charge in [-0.15, -0.1) is 0 Å². The highest BCUT2D eigenvalue weighted by atomic mass is 16.3. The molecule has 0 radical (unpaired) electrons. The predicted octanol–water partition coefficient (Wildman–Crippen LogP) is 2.12. The van der Waals surface area contributed by atoms with E-state index < -0.39 is 6.10 Å². The van der Waals surface area contributed by atoms with E-state index in [2.05, 4.69) is 5.32 Å². The van der Waals surface area contributed by atoms with Gasteiger partial charge in [0.2, 0.25) is 0 Å². The Bertz CT molecular complexity index is 458. The van der Waals surface area contributed by atoms with Crippen LogP contribution in [0.3, 0.4) is 0 Å². The van der Waals surface area contributed by atoms with Crippen molar-refractivity contribution >= 4 is 17.5 Å². The largest absolute Gasteiger partial charge is 0.392 e. The Morgan fingerprint density at radius 2 is 2.11 bits per heavy atom. The first kappa shape index (κ1) is 15.2. The molecule has 0 saturated carbocycles. The zero-order chi connectivity index (χ0) is 14.4. The van der Waals surface area contributed by atoms with Crippen molar-refractivity contribution < 1.29 is 14.7 Å². The maximum atomic E-state index is 12.0. The number of carbonyl (C=O) groups is 2. The number of rotatable bonds is 5. The molecule has 0 aliphatic rings. The van der Waals surface area contributed by atoms with Gasteiger partial charge in [0.05, 0.1) is 6.10 Å². The number of amides is 2. The molecule has 104 valence electrons. The first-order chi connectivity index (χ1) is 8.93. The molecule has 0 saturated heterocycles. The zero-order valence-corrected chi connectivity index (χ0v) is 11.5. The van der Waals surface area contributed by atoms with Gasteiger partial charge in [-0.25, -0.2) is 4.79 Å². The first-order valence-electron chi connectivity index (χ1n) is 6.29.